The second-order valence-electron chi connectivity index (χ2n) is 5.29. The van der Waals surface area contributed by atoms with Crippen LogP contribution in [0.15, 0.2) is 30.3 Å². The lowest BCUT2D eigenvalue weighted by molar-refractivity contribution is 0.220. The minimum absolute atomic E-state index is 0.198. The van der Waals surface area contributed by atoms with E-state index in [2.05, 4.69) is 6.07 Å². The Labute approximate surface area is 113 Å². The van der Waals surface area contributed by atoms with Gasteiger partial charge in [-0.2, -0.15) is 0 Å². The Kier molecular flexibility index (Phi) is 3.72. The predicted molar refractivity (Wildman–Crippen MR) is 75.9 cm³/mol. The number of aliphatic hydroxyl groups is 1. The van der Waals surface area contributed by atoms with Crippen LogP contribution in [0.25, 0.3) is 0 Å². The summed E-state index contributed by atoms with van der Waals surface area (Å²) in [6.45, 7) is 7.45. The molecule has 19 heavy (non-hydrogen) atoms. The maximum Gasteiger partial charge on any atom is 0.129 e. The van der Waals surface area contributed by atoms with E-state index in [1.165, 1.54) is 0 Å². The van der Waals surface area contributed by atoms with Crippen LogP contribution in [-0.2, 0) is 0 Å². The largest absolute Gasteiger partial charge is 0.384 e. The second kappa shape index (κ2) is 5.14. The smallest absolute Gasteiger partial charge is 0.129 e. The lowest BCUT2D eigenvalue weighted by Gasteiger charge is -2.15. The molecule has 0 radical (unpaired) electrons. The van der Waals surface area contributed by atoms with Crippen molar-refractivity contribution in [3.63, 3.8) is 0 Å². The number of hydrogen-bond donors (Lipinski definition) is 1. The third-order valence-corrected chi connectivity index (χ3v) is 3.33. The fourth-order valence-electron chi connectivity index (χ4n) is 2.50. The summed E-state index contributed by atoms with van der Waals surface area (Å²) in [5, 5.41) is 10.5. The van der Waals surface area contributed by atoms with Gasteiger partial charge in [0.2, 0.25) is 0 Å². The summed E-state index contributed by atoms with van der Waals surface area (Å²) in [5.74, 6) is -0.198. The number of aliphatic hydroxyl groups excluding tert-OH is 1. The molecule has 2 rings (SSSR count). The highest BCUT2D eigenvalue weighted by Gasteiger charge is 2.14. The van der Waals surface area contributed by atoms with E-state index in [-0.39, 0.29) is 5.82 Å². The molecule has 1 unspecified atom stereocenters. The van der Waals surface area contributed by atoms with Crippen molar-refractivity contribution < 1.29 is 9.50 Å². The van der Waals surface area contributed by atoms with E-state index in [4.69, 9.17) is 0 Å². The van der Waals surface area contributed by atoms with Crippen molar-refractivity contribution in [1.29, 1.82) is 0 Å². The van der Waals surface area contributed by atoms with Crippen molar-refractivity contribution in [3.8, 4) is 0 Å². The third-order valence-electron chi connectivity index (χ3n) is 3.33. The van der Waals surface area contributed by atoms with Gasteiger partial charge in [-0.1, -0.05) is 41.5 Å². The molecule has 0 amide bonds. The van der Waals surface area contributed by atoms with Crippen LogP contribution < -0.4 is 0 Å². The normalized spacial score (nSPS) is 12.5. The quantitative estimate of drug-likeness (QED) is 0.858. The summed E-state index contributed by atoms with van der Waals surface area (Å²) < 4.78 is 13.6. The molecule has 0 aliphatic heterocycles. The average Bonchev–Trinajstić information content (AvgIpc) is 2.33. The molecule has 2 heteroatoms. The second-order valence-corrected chi connectivity index (χ2v) is 5.29. The first-order chi connectivity index (χ1) is 8.88. The topological polar surface area (TPSA) is 20.2 Å². The molecule has 0 saturated heterocycles. The fourth-order valence-corrected chi connectivity index (χ4v) is 2.50. The van der Waals surface area contributed by atoms with E-state index in [0.29, 0.717) is 11.1 Å². The molecular formula is C17H19FO. The molecular weight excluding hydrogens is 239 g/mol. The molecule has 0 saturated carbocycles. The van der Waals surface area contributed by atoms with E-state index in [9.17, 15) is 9.50 Å². The van der Waals surface area contributed by atoms with Crippen molar-refractivity contribution >= 4 is 0 Å². The highest BCUT2D eigenvalue weighted by Crippen LogP contribution is 2.26. The SMILES string of the molecule is Cc1cc(C)cc(C(O)c2cc(C)c(F)c(C)c2)c1. The zero-order valence-corrected chi connectivity index (χ0v) is 11.8. The van der Waals surface area contributed by atoms with Crippen molar-refractivity contribution in [2.24, 2.45) is 0 Å². The summed E-state index contributed by atoms with van der Waals surface area (Å²) in [6.07, 6.45) is -0.711. The molecule has 0 aliphatic rings. The minimum Gasteiger partial charge on any atom is -0.384 e. The molecule has 0 aliphatic carbocycles. The van der Waals surface area contributed by atoms with Crippen molar-refractivity contribution in [2.75, 3.05) is 0 Å². The van der Waals surface area contributed by atoms with Crippen LogP contribution in [0.3, 0.4) is 0 Å². The predicted octanol–water partition coefficient (Wildman–Crippen LogP) is 4.14. The zero-order valence-electron chi connectivity index (χ0n) is 11.8. The van der Waals surface area contributed by atoms with Gasteiger partial charge < -0.3 is 5.11 Å². The third kappa shape index (κ3) is 2.85. The molecule has 0 fully saturated rings. The Balaban J connectivity index is 2.46. The summed E-state index contributed by atoms with van der Waals surface area (Å²) >= 11 is 0. The maximum atomic E-state index is 13.6. The highest BCUT2D eigenvalue weighted by molar-refractivity contribution is 5.39. The molecule has 1 atom stereocenters. The van der Waals surface area contributed by atoms with Crippen LogP contribution in [-0.4, -0.2) is 5.11 Å². The van der Waals surface area contributed by atoms with Crippen molar-refractivity contribution in [2.45, 2.75) is 33.8 Å². The summed E-state index contributed by atoms with van der Waals surface area (Å²) in [6, 6.07) is 9.42. The first-order valence-electron chi connectivity index (χ1n) is 6.41. The standard InChI is InChI=1S/C17H19FO/c1-10-5-11(2)7-14(6-10)17(19)15-8-12(3)16(18)13(4)9-15/h5-9,17,19H,1-4H3. The number of aryl methyl sites for hydroxylation is 4. The van der Waals surface area contributed by atoms with Crippen LogP contribution in [0.2, 0.25) is 0 Å². The molecule has 0 spiro atoms. The van der Waals surface area contributed by atoms with Gasteiger partial charge in [0.15, 0.2) is 0 Å². The number of hydrogen-bond acceptors (Lipinski definition) is 1. The first kappa shape index (κ1) is 13.8. The summed E-state index contributed by atoms with van der Waals surface area (Å²) in [4.78, 5) is 0. The van der Waals surface area contributed by atoms with E-state index < -0.39 is 6.10 Å². The molecule has 0 heterocycles. The summed E-state index contributed by atoms with van der Waals surface area (Å²) in [7, 11) is 0. The molecule has 0 aromatic heterocycles. The van der Waals surface area contributed by atoms with Crippen LogP contribution >= 0.6 is 0 Å². The Morgan fingerprint density at radius 1 is 0.789 bits per heavy atom. The van der Waals surface area contributed by atoms with Gasteiger partial charge in [-0.25, -0.2) is 4.39 Å². The maximum absolute atomic E-state index is 13.6. The number of benzene rings is 2. The molecule has 0 bridgehead atoms. The van der Waals surface area contributed by atoms with Crippen LogP contribution in [0, 0.1) is 33.5 Å². The van der Waals surface area contributed by atoms with Gasteiger partial charge in [0, 0.05) is 0 Å². The van der Waals surface area contributed by atoms with Gasteiger partial charge in [0.1, 0.15) is 11.9 Å². The lowest BCUT2D eigenvalue weighted by atomic mass is 9.95. The molecule has 2 aromatic rings. The highest BCUT2D eigenvalue weighted by atomic mass is 19.1. The monoisotopic (exact) mass is 258 g/mol. The minimum atomic E-state index is -0.711. The van der Waals surface area contributed by atoms with E-state index in [1.54, 1.807) is 26.0 Å². The molecule has 1 nitrogen and oxygen atoms in total. The Morgan fingerprint density at radius 3 is 1.68 bits per heavy atom. The van der Waals surface area contributed by atoms with E-state index >= 15 is 0 Å². The summed E-state index contributed by atoms with van der Waals surface area (Å²) in [5.41, 5.74) is 4.95. The number of rotatable bonds is 2. The van der Waals surface area contributed by atoms with E-state index in [1.807, 2.05) is 26.0 Å². The van der Waals surface area contributed by atoms with Gasteiger partial charge in [-0.3, -0.25) is 0 Å². The van der Waals surface area contributed by atoms with Gasteiger partial charge in [-0.15, -0.1) is 0 Å². The van der Waals surface area contributed by atoms with Crippen LogP contribution in [0.4, 0.5) is 4.39 Å². The molecule has 2 aromatic carbocycles. The fraction of sp³-hybridized carbons (Fsp3) is 0.294. The van der Waals surface area contributed by atoms with Gasteiger partial charge in [-0.05, 0) is 49.9 Å². The lowest BCUT2D eigenvalue weighted by Crippen LogP contribution is -2.03. The average molecular weight is 258 g/mol. The zero-order chi connectivity index (χ0) is 14.2. The number of halogens is 1. The van der Waals surface area contributed by atoms with Crippen molar-refractivity contribution in [1.82, 2.24) is 0 Å². The van der Waals surface area contributed by atoms with Gasteiger partial charge in [0.05, 0.1) is 0 Å². The molecule has 1 N–H and O–H groups in total. The Morgan fingerprint density at radius 2 is 1.21 bits per heavy atom. The van der Waals surface area contributed by atoms with Crippen molar-refractivity contribution in [3.05, 3.63) is 69.5 Å². The first-order valence-corrected chi connectivity index (χ1v) is 6.41. The van der Waals surface area contributed by atoms with Gasteiger partial charge >= 0.3 is 0 Å². The Hall–Kier alpha value is -1.67. The Bertz CT molecular complexity index is 573. The molecule has 100 valence electrons. The van der Waals surface area contributed by atoms with Crippen LogP contribution in [0.1, 0.15) is 39.5 Å². The van der Waals surface area contributed by atoms with Gasteiger partial charge in [0.25, 0.3) is 0 Å². The van der Waals surface area contributed by atoms with Crippen LogP contribution in [0.5, 0.6) is 0 Å². The van der Waals surface area contributed by atoms with E-state index in [0.717, 1.165) is 22.3 Å².